The Bertz CT molecular complexity index is 859. The average Bonchev–Trinajstić information content (AvgIpc) is 3.18. The van der Waals surface area contributed by atoms with Crippen molar-refractivity contribution in [2.24, 2.45) is 0 Å². The normalized spacial score (nSPS) is 17.8. The number of carbonyl (C=O) groups is 4. The van der Waals surface area contributed by atoms with E-state index in [2.05, 4.69) is 0 Å². The van der Waals surface area contributed by atoms with Crippen LogP contribution in [-0.2, 0) is 25.7 Å². The first kappa shape index (κ1) is 20.7. The van der Waals surface area contributed by atoms with Crippen molar-refractivity contribution in [1.29, 1.82) is 0 Å². The number of carbonyl (C=O) groups excluding carboxylic acids is 3. The maximum Gasteiger partial charge on any atom is 0.327 e. The van der Waals surface area contributed by atoms with E-state index in [1.807, 2.05) is 0 Å². The summed E-state index contributed by atoms with van der Waals surface area (Å²) in [6, 6.07) is 1.22. The second kappa shape index (κ2) is 8.56. The summed E-state index contributed by atoms with van der Waals surface area (Å²) in [4.78, 5) is 50.3. The molecule has 0 radical (unpaired) electrons. The summed E-state index contributed by atoms with van der Waals surface area (Å²) in [5, 5.41) is 9.46. The molecule has 156 valence electrons. The van der Waals surface area contributed by atoms with E-state index in [1.165, 1.54) is 6.07 Å². The molecule has 0 aliphatic carbocycles. The highest BCUT2D eigenvalue weighted by molar-refractivity contribution is 6.31. The van der Waals surface area contributed by atoms with Gasteiger partial charge in [0, 0.05) is 24.2 Å². The van der Waals surface area contributed by atoms with Crippen LogP contribution in [0.2, 0.25) is 5.02 Å². The Balaban J connectivity index is 1.81. The first-order valence-corrected chi connectivity index (χ1v) is 9.27. The van der Waals surface area contributed by atoms with Gasteiger partial charge in [0.05, 0.1) is 19.4 Å². The van der Waals surface area contributed by atoms with Gasteiger partial charge in [0.15, 0.2) is 11.5 Å². The average molecular weight is 427 g/mol. The van der Waals surface area contributed by atoms with E-state index in [1.54, 1.807) is 13.0 Å². The van der Waals surface area contributed by atoms with Gasteiger partial charge in [0.2, 0.25) is 6.79 Å². The van der Waals surface area contributed by atoms with Crippen LogP contribution in [0, 0.1) is 0 Å². The molecule has 1 saturated heterocycles. The van der Waals surface area contributed by atoms with Crippen LogP contribution in [0.3, 0.4) is 0 Å². The van der Waals surface area contributed by atoms with Crippen molar-refractivity contribution in [2.75, 3.05) is 19.9 Å². The summed E-state index contributed by atoms with van der Waals surface area (Å²) in [5.74, 6) is -1.57. The Hall–Kier alpha value is -3.01. The monoisotopic (exact) mass is 426 g/mol. The fourth-order valence-corrected chi connectivity index (χ4v) is 3.36. The Morgan fingerprint density at radius 1 is 1.28 bits per heavy atom. The number of ether oxygens (including phenoxy) is 3. The lowest BCUT2D eigenvalue weighted by molar-refractivity contribution is -0.144. The van der Waals surface area contributed by atoms with Gasteiger partial charge < -0.3 is 24.2 Å². The molecule has 3 amide bonds. The predicted molar refractivity (Wildman–Crippen MR) is 97.5 cm³/mol. The number of imide groups is 1. The topological polar surface area (TPSA) is 123 Å². The molecule has 29 heavy (non-hydrogen) atoms. The number of carboxylic acids is 1. The third kappa shape index (κ3) is 4.37. The predicted octanol–water partition coefficient (Wildman–Crippen LogP) is 1.63. The summed E-state index contributed by atoms with van der Waals surface area (Å²) in [7, 11) is 0. The SMILES string of the molecule is CCOC(=O)CCN1C(=O)[C@H](CC(=O)O)N(Cc2cc3c(cc2Cl)OCO3)C1=O. The van der Waals surface area contributed by atoms with E-state index in [4.69, 9.17) is 25.8 Å². The second-order valence-corrected chi connectivity index (χ2v) is 6.77. The van der Waals surface area contributed by atoms with Crippen LogP contribution >= 0.6 is 11.6 Å². The molecule has 1 aromatic carbocycles. The van der Waals surface area contributed by atoms with Crippen LogP contribution in [0.25, 0.3) is 0 Å². The number of hydrogen-bond acceptors (Lipinski definition) is 7. The van der Waals surface area contributed by atoms with Crippen molar-refractivity contribution in [2.45, 2.75) is 32.4 Å². The van der Waals surface area contributed by atoms with Crippen LogP contribution < -0.4 is 9.47 Å². The molecule has 0 spiro atoms. The summed E-state index contributed by atoms with van der Waals surface area (Å²) >= 11 is 6.25. The van der Waals surface area contributed by atoms with E-state index in [9.17, 15) is 24.3 Å². The first-order valence-electron chi connectivity index (χ1n) is 8.89. The Morgan fingerprint density at radius 2 is 1.97 bits per heavy atom. The van der Waals surface area contributed by atoms with Crippen molar-refractivity contribution in [3.63, 3.8) is 0 Å². The van der Waals surface area contributed by atoms with E-state index >= 15 is 0 Å². The minimum Gasteiger partial charge on any atom is -0.481 e. The van der Waals surface area contributed by atoms with Crippen LogP contribution in [-0.4, -0.2) is 64.8 Å². The molecule has 1 aromatic rings. The largest absolute Gasteiger partial charge is 0.481 e. The quantitative estimate of drug-likeness (QED) is 0.491. The third-order valence-electron chi connectivity index (χ3n) is 4.50. The van der Waals surface area contributed by atoms with E-state index in [0.29, 0.717) is 17.1 Å². The zero-order chi connectivity index (χ0) is 21.1. The van der Waals surface area contributed by atoms with Gasteiger partial charge in [0.1, 0.15) is 6.04 Å². The maximum absolute atomic E-state index is 12.8. The summed E-state index contributed by atoms with van der Waals surface area (Å²) in [5.41, 5.74) is 0.472. The lowest BCUT2D eigenvalue weighted by Gasteiger charge is -2.21. The molecule has 1 N–H and O–H groups in total. The van der Waals surface area contributed by atoms with Crippen LogP contribution in [0.15, 0.2) is 12.1 Å². The number of rotatable bonds is 8. The van der Waals surface area contributed by atoms with Crippen molar-refractivity contribution in [3.05, 3.63) is 22.7 Å². The number of fused-ring (bicyclic) bond motifs is 1. The van der Waals surface area contributed by atoms with Gasteiger partial charge in [0.25, 0.3) is 5.91 Å². The summed E-state index contributed by atoms with van der Waals surface area (Å²) in [6.45, 7) is 1.56. The van der Waals surface area contributed by atoms with Gasteiger partial charge in [-0.15, -0.1) is 0 Å². The Labute approximate surface area is 170 Å². The fourth-order valence-electron chi connectivity index (χ4n) is 3.14. The molecule has 2 aliphatic heterocycles. The minimum atomic E-state index is -1.23. The summed E-state index contributed by atoms with van der Waals surface area (Å²) < 4.78 is 15.3. The molecule has 0 aromatic heterocycles. The van der Waals surface area contributed by atoms with Gasteiger partial charge in [-0.05, 0) is 18.6 Å². The number of nitrogens with zero attached hydrogens (tertiary/aromatic N) is 2. The van der Waals surface area contributed by atoms with Gasteiger partial charge in [-0.3, -0.25) is 19.3 Å². The first-order chi connectivity index (χ1) is 13.8. The zero-order valence-corrected chi connectivity index (χ0v) is 16.3. The molecule has 3 rings (SSSR count). The molecule has 1 fully saturated rings. The zero-order valence-electron chi connectivity index (χ0n) is 15.6. The number of esters is 1. The number of halogens is 1. The number of amides is 3. The van der Waals surface area contributed by atoms with Crippen LogP contribution in [0.1, 0.15) is 25.3 Å². The van der Waals surface area contributed by atoms with Gasteiger partial charge >= 0.3 is 18.0 Å². The van der Waals surface area contributed by atoms with Gasteiger partial charge in [-0.2, -0.15) is 0 Å². The van der Waals surface area contributed by atoms with Gasteiger partial charge in [-0.1, -0.05) is 11.6 Å². The fraction of sp³-hybridized carbons (Fsp3) is 0.444. The third-order valence-corrected chi connectivity index (χ3v) is 4.85. The summed E-state index contributed by atoms with van der Waals surface area (Å²) in [6.07, 6.45) is -0.744. The minimum absolute atomic E-state index is 0.0412. The standard InChI is InChI=1S/C18H19ClN2O8/c1-2-27-16(24)3-4-20-17(25)12(7-15(22)23)21(18(20)26)8-10-5-13-14(6-11(10)19)29-9-28-13/h5-6,12H,2-4,7-9H2,1H3,(H,22,23)/t12-/m0/s1. The van der Waals surface area contributed by atoms with E-state index < -0.39 is 36.3 Å². The molecule has 0 bridgehead atoms. The molecule has 11 heteroatoms. The Kier molecular flexibility index (Phi) is 6.12. The van der Waals surface area contributed by atoms with Crippen molar-refractivity contribution < 1.29 is 38.5 Å². The highest BCUT2D eigenvalue weighted by Crippen LogP contribution is 2.38. The van der Waals surface area contributed by atoms with Crippen molar-refractivity contribution in [1.82, 2.24) is 9.80 Å². The van der Waals surface area contributed by atoms with Gasteiger partial charge in [-0.25, -0.2) is 4.79 Å². The highest BCUT2D eigenvalue weighted by atomic mass is 35.5. The van der Waals surface area contributed by atoms with E-state index in [-0.39, 0.29) is 37.9 Å². The van der Waals surface area contributed by atoms with Crippen molar-refractivity contribution >= 4 is 35.5 Å². The smallest absolute Gasteiger partial charge is 0.327 e. The lowest BCUT2D eigenvalue weighted by atomic mass is 10.1. The maximum atomic E-state index is 12.8. The number of benzene rings is 1. The number of urea groups is 1. The van der Waals surface area contributed by atoms with Crippen LogP contribution in [0.4, 0.5) is 4.79 Å². The van der Waals surface area contributed by atoms with Crippen molar-refractivity contribution in [3.8, 4) is 11.5 Å². The molecule has 2 aliphatic rings. The van der Waals surface area contributed by atoms with Crippen LogP contribution in [0.5, 0.6) is 11.5 Å². The lowest BCUT2D eigenvalue weighted by Crippen LogP contribution is -2.36. The molecule has 0 unspecified atom stereocenters. The molecule has 10 nitrogen and oxygen atoms in total. The Morgan fingerprint density at radius 3 is 2.62 bits per heavy atom. The molecular weight excluding hydrogens is 408 g/mol. The highest BCUT2D eigenvalue weighted by Gasteiger charge is 2.46. The van der Waals surface area contributed by atoms with E-state index in [0.717, 1.165) is 9.80 Å². The molecule has 0 saturated carbocycles. The molecule has 1 atom stereocenters. The molecule has 2 heterocycles. The molecular formula is C18H19ClN2O8. The number of aliphatic carboxylic acids is 1. The number of hydrogen-bond donors (Lipinski definition) is 1. The number of carboxylic acid groups (broad SMARTS) is 1. The second-order valence-electron chi connectivity index (χ2n) is 6.37.